The molecule has 0 aliphatic rings. The van der Waals surface area contributed by atoms with Gasteiger partial charge in [-0.15, -0.1) is 5.10 Å². The van der Waals surface area contributed by atoms with Crippen molar-refractivity contribution in [3.8, 4) is 40.0 Å². The topological polar surface area (TPSA) is 105 Å². The zero-order chi connectivity index (χ0) is 24.2. The first-order chi connectivity index (χ1) is 17.1. The Hall–Kier alpha value is -4.96. The molecule has 5 rings (SSSR count). The minimum atomic E-state index is -0.467. The van der Waals surface area contributed by atoms with Gasteiger partial charge in [0.25, 0.3) is 11.8 Å². The van der Waals surface area contributed by atoms with E-state index in [-0.39, 0.29) is 11.9 Å². The summed E-state index contributed by atoms with van der Waals surface area (Å²) in [5.41, 5.74) is 5.83. The summed E-state index contributed by atoms with van der Waals surface area (Å²) in [7, 11) is 0. The van der Waals surface area contributed by atoms with Gasteiger partial charge in [0.05, 0.1) is 17.9 Å². The Bertz CT molecular complexity index is 1510. The third-order valence-corrected chi connectivity index (χ3v) is 5.62. The first-order valence-electron chi connectivity index (χ1n) is 11.1. The van der Waals surface area contributed by atoms with Crippen LogP contribution in [0.1, 0.15) is 28.4 Å². The number of hydrogen-bond donors (Lipinski definition) is 1. The van der Waals surface area contributed by atoms with Crippen LogP contribution >= 0.6 is 0 Å². The summed E-state index contributed by atoms with van der Waals surface area (Å²) in [5, 5.41) is 19.8. The number of anilines is 1. The van der Waals surface area contributed by atoms with Crippen LogP contribution in [0.5, 0.6) is 0 Å². The Balaban J connectivity index is 1.38. The van der Waals surface area contributed by atoms with Crippen LogP contribution < -0.4 is 5.32 Å². The number of carbonyl (C=O) groups excluding carboxylic acids is 1. The Labute approximate surface area is 201 Å². The number of benzene rings is 3. The fourth-order valence-electron chi connectivity index (χ4n) is 3.72. The van der Waals surface area contributed by atoms with Crippen molar-refractivity contribution < 1.29 is 13.6 Å². The number of nitrogens with one attached hydrogen (secondary N) is 1. The smallest absolute Gasteiger partial charge is 0.322 e. The molecule has 1 amide bonds. The number of aryl methyl sites for hydroxylation is 1. The van der Waals surface area contributed by atoms with Gasteiger partial charge in [-0.1, -0.05) is 60.6 Å². The van der Waals surface area contributed by atoms with E-state index in [0.29, 0.717) is 16.9 Å². The maximum absolute atomic E-state index is 12.9. The van der Waals surface area contributed by atoms with E-state index in [9.17, 15) is 10.1 Å². The molecule has 0 saturated carbocycles. The summed E-state index contributed by atoms with van der Waals surface area (Å²) >= 11 is 0. The lowest BCUT2D eigenvalue weighted by Crippen LogP contribution is -2.12. The number of furan rings is 1. The predicted octanol–water partition coefficient (Wildman–Crippen LogP) is 6.35. The van der Waals surface area contributed by atoms with Gasteiger partial charge in [-0.25, -0.2) is 0 Å². The highest BCUT2D eigenvalue weighted by Crippen LogP contribution is 2.27. The predicted molar refractivity (Wildman–Crippen MR) is 131 cm³/mol. The quantitative estimate of drug-likeness (QED) is 0.316. The molecule has 0 fully saturated rings. The molecule has 170 valence electrons. The SMILES string of the molecule is CCc1ccc(-c2ccc(-c3cc(C#N)cc(C(=O)Nc4nnc(-c5ccco5)o4)c3)cc2)cc1. The first-order valence-corrected chi connectivity index (χ1v) is 11.1. The fourth-order valence-corrected chi connectivity index (χ4v) is 3.72. The van der Waals surface area contributed by atoms with Gasteiger partial charge < -0.3 is 8.83 Å². The van der Waals surface area contributed by atoms with Crippen molar-refractivity contribution in [2.45, 2.75) is 13.3 Å². The van der Waals surface area contributed by atoms with E-state index in [4.69, 9.17) is 8.83 Å². The lowest BCUT2D eigenvalue weighted by atomic mass is 9.97. The maximum Gasteiger partial charge on any atom is 0.322 e. The van der Waals surface area contributed by atoms with Crippen molar-refractivity contribution in [2.75, 3.05) is 5.32 Å². The summed E-state index contributed by atoms with van der Waals surface area (Å²) in [6.45, 7) is 2.13. The van der Waals surface area contributed by atoms with Gasteiger partial charge >= 0.3 is 6.01 Å². The van der Waals surface area contributed by atoms with Crippen LogP contribution in [0.4, 0.5) is 6.01 Å². The highest BCUT2D eigenvalue weighted by atomic mass is 16.4. The zero-order valence-electron chi connectivity index (χ0n) is 18.9. The summed E-state index contributed by atoms with van der Waals surface area (Å²) in [6, 6.07) is 26.9. The summed E-state index contributed by atoms with van der Waals surface area (Å²) in [6.07, 6.45) is 2.49. The van der Waals surface area contributed by atoms with Gasteiger partial charge in [0, 0.05) is 5.56 Å². The van der Waals surface area contributed by atoms with Gasteiger partial charge in [-0.05, 0) is 64.6 Å². The van der Waals surface area contributed by atoms with Gasteiger partial charge in [-0.2, -0.15) is 5.26 Å². The monoisotopic (exact) mass is 460 g/mol. The van der Waals surface area contributed by atoms with E-state index in [1.807, 2.05) is 24.3 Å². The Morgan fingerprint density at radius 1 is 0.914 bits per heavy atom. The minimum absolute atomic E-state index is 0.0660. The second-order valence-electron chi connectivity index (χ2n) is 7.88. The molecule has 7 heteroatoms. The first kappa shape index (κ1) is 21.9. The standard InChI is InChI=1S/C28H20N4O3/c1-2-18-5-7-20(8-6-18)21-9-11-22(12-10-21)23-14-19(17-29)15-24(16-23)26(33)30-28-32-31-27(35-28)25-4-3-13-34-25/h3-16H,2H2,1H3,(H,30,32,33). The summed E-state index contributed by atoms with van der Waals surface area (Å²) in [5.74, 6) is 0.0864. The van der Waals surface area contributed by atoms with E-state index >= 15 is 0 Å². The van der Waals surface area contributed by atoms with Gasteiger partial charge in [0.2, 0.25) is 0 Å². The largest absolute Gasteiger partial charge is 0.459 e. The minimum Gasteiger partial charge on any atom is -0.459 e. The average Bonchev–Trinajstić information content (AvgIpc) is 3.61. The van der Waals surface area contributed by atoms with Crippen LogP contribution in [0.3, 0.4) is 0 Å². The van der Waals surface area contributed by atoms with Crippen LogP contribution in [-0.4, -0.2) is 16.1 Å². The van der Waals surface area contributed by atoms with Crippen LogP contribution in [0.25, 0.3) is 33.9 Å². The molecule has 35 heavy (non-hydrogen) atoms. The molecule has 0 atom stereocenters. The van der Waals surface area contributed by atoms with E-state index in [2.05, 4.69) is 52.8 Å². The van der Waals surface area contributed by atoms with Crippen molar-refractivity contribution in [2.24, 2.45) is 0 Å². The van der Waals surface area contributed by atoms with Crippen molar-refractivity contribution >= 4 is 11.9 Å². The molecule has 7 nitrogen and oxygen atoms in total. The molecule has 0 aliphatic carbocycles. The molecule has 3 aromatic carbocycles. The molecule has 0 bridgehead atoms. The normalized spacial score (nSPS) is 10.6. The lowest BCUT2D eigenvalue weighted by molar-refractivity contribution is 0.102. The van der Waals surface area contributed by atoms with E-state index < -0.39 is 5.91 Å². The highest BCUT2D eigenvalue weighted by Gasteiger charge is 2.16. The van der Waals surface area contributed by atoms with Crippen LogP contribution in [-0.2, 0) is 6.42 Å². The fraction of sp³-hybridized carbons (Fsp3) is 0.0714. The molecule has 5 aromatic rings. The summed E-state index contributed by atoms with van der Waals surface area (Å²) in [4.78, 5) is 12.9. The zero-order valence-corrected chi connectivity index (χ0v) is 18.9. The van der Waals surface area contributed by atoms with E-state index in [1.165, 1.54) is 17.9 Å². The molecular weight excluding hydrogens is 440 g/mol. The Morgan fingerprint density at radius 3 is 2.23 bits per heavy atom. The van der Waals surface area contributed by atoms with Crippen molar-refractivity contribution in [1.82, 2.24) is 10.2 Å². The molecule has 2 aromatic heterocycles. The van der Waals surface area contributed by atoms with Crippen LogP contribution in [0, 0.1) is 11.3 Å². The number of nitrogens with zero attached hydrogens (tertiary/aromatic N) is 3. The molecule has 2 heterocycles. The third-order valence-electron chi connectivity index (χ3n) is 5.62. The second kappa shape index (κ2) is 9.49. The lowest BCUT2D eigenvalue weighted by Gasteiger charge is -2.08. The Morgan fingerprint density at radius 2 is 1.60 bits per heavy atom. The number of aromatic nitrogens is 2. The average molecular weight is 460 g/mol. The second-order valence-corrected chi connectivity index (χ2v) is 7.88. The summed E-state index contributed by atoms with van der Waals surface area (Å²) < 4.78 is 10.7. The van der Waals surface area contributed by atoms with Crippen molar-refractivity contribution in [3.63, 3.8) is 0 Å². The number of rotatable bonds is 6. The van der Waals surface area contributed by atoms with Crippen molar-refractivity contribution in [1.29, 1.82) is 5.26 Å². The van der Waals surface area contributed by atoms with Crippen LogP contribution in [0.15, 0.2) is 94.0 Å². The molecule has 0 saturated heterocycles. The van der Waals surface area contributed by atoms with Crippen molar-refractivity contribution in [3.05, 3.63) is 102 Å². The number of carbonyl (C=O) groups is 1. The van der Waals surface area contributed by atoms with Gasteiger partial charge in [0.1, 0.15) is 0 Å². The van der Waals surface area contributed by atoms with Crippen LogP contribution in [0.2, 0.25) is 0 Å². The molecular formula is C28H20N4O3. The van der Waals surface area contributed by atoms with E-state index in [1.54, 1.807) is 24.3 Å². The maximum atomic E-state index is 12.9. The molecule has 0 spiro atoms. The highest BCUT2D eigenvalue weighted by molar-refractivity contribution is 6.04. The van der Waals surface area contributed by atoms with Gasteiger partial charge in [0.15, 0.2) is 5.76 Å². The third kappa shape index (κ3) is 4.72. The molecule has 0 unspecified atom stereocenters. The number of hydrogen-bond acceptors (Lipinski definition) is 6. The molecule has 0 aliphatic heterocycles. The van der Waals surface area contributed by atoms with Gasteiger partial charge in [-0.3, -0.25) is 10.1 Å². The number of nitriles is 1. The number of amides is 1. The van der Waals surface area contributed by atoms with E-state index in [0.717, 1.165) is 28.7 Å². The molecule has 1 N–H and O–H groups in total. The molecule has 0 radical (unpaired) electrons. The Kier molecular flexibility index (Phi) is 5.93.